The highest BCUT2D eigenvalue weighted by atomic mass is 35.5. The van der Waals surface area contributed by atoms with Crippen molar-refractivity contribution in [2.45, 2.75) is 57.4 Å². The fourth-order valence-electron chi connectivity index (χ4n) is 3.68. The zero-order valence-electron chi connectivity index (χ0n) is 13.9. The number of rotatable bonds is 6. The number of hydrogen-bond acceptors (Lipinski definition) is 3. The monoisotopic (exact) mass is 343 g/mol. The van der Waals surface area contributed by atoms with E-state index in [2.05, 4.69) is 10.6 Å². The standard InChI is InChI=1S/C17H29N3O2.ClH/c21-16(11-18-10-13-6-7-13)19-15-8-9-20(12-15)17(22)14-4-2-1-3-5-14;/h13-15,18H,1-12H2,(H,19,21);1H. The number of amides is 2. The fourth-order valence-corrected chi connectivity index (χ4v) is 3.68. The molecule has 0 aromatic carbocycles. The Bertz CT molecular complexity index is 409. The van der Waals surface area contributed by atoms with Crippen molar-refractivity contribution in [1.29, 1.82) is 0 Å². The van der Waals surface area contributed by atoms with Crippen LogP contribution in [0.4, 0.5) is 0 Å². The van der Waals surface area contributed by atoms with Crippen molar-refractivity contribution in [3.8, 4) is 0 Å². The summed E-state index contributed by atoms with van der Waals surface area (Å²) in [7, 11) is 0. The lowest BCUT2D eigenvalue weighted by Gasteiger charge is -2.26. The number of nitrogens with one attached hydrogen (secondary N) is 2. The van der Waals surface area contributed by atoms with Crippen molar-refractivity contribution in [3.05, 3.63) is 0 Å². The number of nitrogens with zero attached hydrogens (tertiary/aromatic N) is 1. The highest BCUT2D eigenvalue weighted by Gasteiger charge is 2.32. The molecule has 1 saturated heterocycles. The third kappa shape index (κ3) is 5.64. The molecule has 0 bridgehead atoms. The maximum Gasteiger partial charge on any atom is 0.234 e. The molecule has 2 saturated carbocycles. The molecule has 5 nitrogen and oxygen atoms in total. The lowest BCUT2D eigenvalue weighted by atomic mass is 9.88. The molecule has 0 spiro atoms. The van der Waals surface area contributed by atoms with Gasteiger partial charge in [-0.25, -0.2) is 0 Å². The first-order valence-corrected chi connectivity index (χ1v) is 9.01. The van der Waals surface area contributed by atoms with Crippen LogP contribution in [0.2, 0.25) is 0 Å². The van der Waals surface area contributed by atoms with E-state index in [0.717, 1.165) is 38.3 Å². The summed E-state index contributed by atoms with van der Waals surface area (Å²) in [6.45, 7) is 2.87. The quantitative estimate of drug-likeness (QED) is 0.771. The summed E-state index contributed by atoms with van der Waals surface area (Å²) in [4.78, 5) is 26.4. The molecule has 3 aliphatic rings. The molecular weight excluding hydrogens is 314 g/mol. The van der Waals surface area contributed by atoms with Gasteiger partial charge in [-0.15, -0.1) is 12.4 Å². The smallest absolute Gasteiger partial charge is 0.234 e. The van der Waals surface area contributed by atoms with Gasteiger partial charge in [0.25, 0.3) is 0 Å². The van der Waals surface area contributed by atoms with Gasteiger partial charge in [-0.05, 0) is 44.6 Å². The summed E-state index contributed by atoms with van der Waals surface area (Å²) in [6.07, 6.45) is 9.26. The van der Waals surface area contributed by atoms with Gasteiger partial charge < -0.3 is 15.5 Å². The zero-order chi connectivity index (χ0) is 15.4. The summed E-state index contributed by atoms with van der Waals surface area (Å²) in [5.41, 5.74) is 0. The van der Waals surface area contributed by atoms with Crippen molar-refractivity contribution in [2.24, 2.45) is 11.8 Å². The molecule has 1 aliphatic heterocycles. The van der Waals surface area contributed by atoms with E-state index in [9.17, 15) is 9.59 Å². The topological polar surface area (TPSA) is 61.4 Å². The molecule has 2 amide bonds. The Kier molecular flexibility index (Phi) is 7.15. The van der Waals surface area contributed by atoms with Gasteiger partial charge in [-0.3, -0.25) is 9.59 Å². The van der Waals surface area contributed by atoms with E-state index in [1.807, 2.05) is 4.90 Å². The summed E-state index contributed by atoms with van der Waals surface area (Å²) in [6, 6.07) is 0.141. The van der Waals surface area contributed by atoms with Crippen LogP contribution in [0.1, 0.15) is 51.4 Å². The van der Waals surface area contributed by atoms with Crippen LogP contribution in [0.5, 0.6) is 0 Å². The molecule has 2 N–H and O–H groups in total. The van der Waals surface area contributed by atoms with Crippen LogP contribution in [0, 0.1) is 11.8 Å². The molecule has 1 heterocycles. The van der Waals surface area contributed by atoms with Gasteiger partial charge in [0, 0.05) is 25.0 Å². The third-order valence-corrected chi connectivity index (χ3v) is 5.23. The number of carbonyl (C=O) groups is 2. The highest BCUT2D eigenvalue weighted by Crippen LogP contribution is 2.27. The van der Waals surface area contributed by atoms with E-state index in [1.165, 1.54) is 32.1 Å². The first-order chi connectivity index (χ1) is 10.7. The van der Waals surface area contributed by atoms with Crippen LogP contribution in [-0.2, 0) is 9.59 Å². The minimum atomic E-state index is 0. The van der Waals surface area contributed by atoms with Crippen LogP contribution in [-0.4, -0.2) is 48.9 Å². The molecule has 0 aromatic rings. The van der Waals surface area contributed by atoms with Gasteiger partial charge in [0.15, 0.2) is 0 Å². The SMILES string of the molecule is Cl.O=C(CNCC1CC1)NC1CCN(C(=O)C2CCCCC2)C1. The van der Waals surface area contributed by atoms with Crippen LogP contribution in [0.25, 0.3) is 0 Å². The number of halogens is 1. The molecule has 6 heteroatoms. The molecule has 23 heavy (non-hydrogen) atoms. The second-order valence-corrected chi connectivity index (χ2v) is 7.25. The number of likely N-dealkylation sites (tertiary alicyclic amines) is 1. The largest absolute Gasteiger partial charge is 0.350 e. The van der Waals surface area contributed by atoms with E-state index in [0.29, 0.717) is 19.0 Å². The Morgan fingerprint density at radius 1 is 1.00 bits per heavy atom. The van der Waals surface area contributed by atoms with Crippen molar-refractivity contribution >= 4 is 24.2 Å². The van der Waals surface area contributed by atoms with Crippen molar-refractivity contribution in [2.75, 3.05) is 26.2 Å². The maximum absolute atomic E-state index is 12.5. The number of carbonyl (C=O) groups excluding carboxylic acids is 2. The normalized spacial score (nSPS) is 25.0. The van der Waals surface area contributed by atoms with E-state index in [1.54, 1.807) is 0 Å². The summed E-state index contributed by atoms with van der Waals surface area (Å²) in [5, 5.41) is 6.28. The van der Waals surface area contributed by atoms with Crippen molar-refractivity contribution < 1.29 is 9.59 Å². The van der Waals surface area contributed by atoms with E-state index in [-0.39, 0.29) is 30.3 Å². The van der Waals surface area contributed by atoms with E-state index >= 15 is 0 Å². The Balaban J connectivity index is 0.00000192. The predicted octanol–water partition coefficient (Wildman–Crippen LogP) is 1.71. The Labute approximate surface area is 145 Å². The Hall–Kier alpha value is -0.810. The number of hydrogen-bond donors (Lipinski definition) is 2. The molecule has 3 rings (SSSR count). The van der Waals surface area contributed by atoms with Gasteiger partial charge in [0.05, 0.1) is 6.54 Å². The summed E-state index contributed by atoms with van der Waals surface area (Å²) >= 11 is 0. The van der Waals surface area contributed by atoms with Crippen LogP contribution in [0.15, 0.2) is 0 Å². The molecular formula is C17H30ClN3O2. The van der Waals surface area contributed by atoms with Crippen molar-refractivity contribution in [1.82, 2.24) is 15.5 Å². The lowest BCUT2D eigenvalue weighted by molar-refractivity contribution is -0.135. The second kappa shape index (κ2) is 8.88. The Morgan fingerprint density at radius 2 is 1.74 bits per heavy atom. The van der Waals surface area contributed by atoms with Crippen molar-refractivity contribution in [3.63, 3.8) is 0 Å². The Morgan fingerprint density at radius 3 is 2.43 bits per heavy atom. The average Bonchev–Trinajstić information content (AvgIpc) is 3.24. The maximum atomic E-state index is 12.5. The van der Waals surface area contributed by atoms with E-state index < -0.39 is 0 Å². The summed E-state index contributed by atoms with van der Waals surface area (Å²) < 4.78 is 0. The predicted molar refractivity (Wildman–Crippen MR) is 92.5 cm³/mol. The van der Waals surface area contributed by atoms with Gasteiger partial charge in [-0.2, -0.15) is 0 Å². The third-order valence-electron chi connectivity index (χ3n) is 5.23. The average molecular weight is 344 g/mol. The molecule has 3 fully saturated rings. The van der Waals surface area contributed by atoms with Gasteiger partial charge >= 0.3 is 0 Å². The molecule has 0 radical (unpaired) electrons. The minimum Gasteiger partial charge on any atom is -0.350 e. The minimum absolute atomic E-state index is 0. The lowest BCUT2D eigenvalue weighted by Crippen LogP contribution is -2.43. The second-order valence-electron chi connectivity index (χ2n) is 7.25. The molecule has 1 unspecified atom stereocenters. The van der Waals surface area contributed by atoms with Gasteiger partial charge in [0.2, 0.25) is 11.8 Å². The first-order valence-electron chi connectivity index (χ1n) is 9.01. The van der Waals surface area contributed by atoms with Gasteiger partial charge in [-0.1, -0.05) is 19.3 Å². The molecule has 0 aromatic heterocycles. The van der Waals surface area contributed by atoms with E-state index in [4.69, 9.17) is 0 Å². The van der Waals surface area contributed by atoms with Gasteiger partial charge in [0.1, 0.15) is 0 Å². The van der Waals surface area contributed by atoms with Crippen LogP contribution >= 0.6 is 12.4 Å². The molecule has 1 atom stereocenters. The van der Waals surface area contributed by atoms with Crippen LogP contribution < -0.4 is 10.6 Å². The molecule has 132 valence electrons. The summed E-state index contributed by atoms with van der Waals surface area (Å²) in [5.74, 6) is 1.42. The zero-order valence-corrected chi connectivity index (χ0v) is 14.7. The fraction of sp³-hybridized carbons (Fsp3) is 0.882. The highest BCUT2D eigenvalue weighted by molar-refractivity contribution is 5.85. The molecule has 2 aliphatic carbocycles. The first kappa shape index (κ1) is 18.5. The van der Waals surface area contributed by atoms with Crippen LogP contribution in [0.3, 0.4) is 0 Å².